The van der Waals surface area contributed by atoms with Crippen molar-refractivity contribution in [2.75, 3.05) is 0 Å². The molecule has 0 unspecified atom stereocenters. The number of halogens is 1. The van der Waals surface area contributed by atoms with Crippen LogP contribution in [-0.2, 0) is 16.1 Å². The molecule has 2 aromatic heterocycles. The Morgan fingerprint density at radius 3 is 2.53 bits per heavy atom. The monoisotopic (exact) mass is 403 g/mol. The zero-order valence-corrected chi connectivity index (χ0v) is 16.1. The summed E-state index contributed by atoms with van der Waals surface area (Å²) in [6, 6.07) is 10.2. The van der Waals surface area contributed by atoms with Crippen LogP contribution >= 0.6 is 0 Å². The molecule has 1 aromatic carbocycles. The van der Waals surface area contributed by atoms with E-state index in [9.17, 15) is 19.1 Å². The van der Waals surface area contributed by atoms with Crippen LogP contribution in [0, 0.1) is 12.7 Å². The smallest absolute Gasteiger partial charge is 0.295 e. The van der Waals surface area contributed by atoms with Gasteiger partial charge in [0.2, 0.25) is 0 Å². The summed E-state index contributed by atoms with van der Waals surface area (Å²) >= 11 is 0. The zero-order chi connectivity index (χ0) is 21.3. The molecule has 30 heavy (non-hydrogen) atoms. The molecule has 7 heteroatoms. The summed E-state index contributed by atoms with van der Waals surface area (Å²) in [7, 11) is 0. The predicted molar refractivity (Wildman–Crippen MR) is 107 cm³/mol. The van der Waals surface area contributed by atoms with Crippen LogP contribution in [0.1, 0.15) is 28.3 Å². The minimum atomic E-state index is -0.836. The zero-order valence-electron chi connectivity index (χ0n) is 16.1. The van der Waals surface area contributed by atoms with Crippen LogP contribution in [-0.4, -0.2) is 31.7 Å². The van der Waals surface area contributed by atoms with Gasteiger partial charge in [-0.25, -0.2) is 4.39 Å². The number of rotatable bonds is 4. The van der Waals surface area contributed by atoms with E-state index in [1.807, 2.05) is 0 Å². The number of aliphatic hydroxyl groups is 1. The third-order valence-corrected chi connectivity index (χ3v) is 5.08. The van der Waals surface area contributed by atoms with Gasteiger partial charge >= 0.3 is 0 Å². The fourth-order valence-electron chi connectivity index (χ4n) is 3.52. The van der Waals surface area contributed by atoms with Crippen LogP contribution < -0.4 is 0 Å². The molecule has 4 rings (SSSR count). The predicted octanol–water partition coefficient (Wildman–Crippen LogP) is 3.55. The molecular weight excluding hydrogens is 385 g/mol. The summed E-state index contributed by atoms with van der Waals surface area (Å²) in [4.78, 5) is 35.2. The molecule has 1 saturated heterocycles. The summed E-state index contributed by atoms with van der Waals surface area (Å²) < 4.78 is 14.1. The Balaban J connectivity index is 1.86. The number of nitrogens with zero attached hydrogens (tertiary/aromatic N) is 3. The van der Waals surface area contributed by atoms with E-state index in [0.717, 1.165) is 11.6 Å². The van der Waals surface area contributed by atoms with Gasteiger partial charge in [0.05, 0.1) is 11.6 Å². The Labute approximate surface area is 172 Å². The number of benzene rings is 1. The van der Waals surface area contributed by atoms with Gasteiger partial charge in [0, 0.05) is 36.9 Å². The maximum absolute atomic E-state index is 14.1. The van der Waals surface area contributed by atoms with E-state index in [1.165, 1.54) is 17.0 Å². The average molecular weight is 403 g/mol. The van der Waals surface area contributed by atoms with Crippen molar-refractivity contribution in [2.24, 2.45) is 0 Å². The minimum absolute atomic E-state index is 0.0849. The van der Waals surface area contributed by atoms with Crippen LogP contribution in [0.3, 0.4) is 0 Å². The van der Waals surface area contributed by atoms with E-state index in [1.54, 1.807) is 56.0 Å². The summed E-state index contributed by atoms with van der Waals surface area (Å²) in [5.41, 5.74) is 1.81. The number of hydrogen-bond donors (Lipinski definition) is 1. The quantitative estimate of drug-likeness (QED) is 0.409. The number of aromatic nitrogens is 2. The van der Waals surface area contributed by atoms with Crippen molar-refractivity contribution >= 4 is 17.4 Å². The van der Waals surface area contributed by atoms with Crippen molar-refractivity contribution in [1.82, 2.24) is 14.9 Å². The van der Waals surface area contributed by atoms with Gasteiger partial charge in [-0.15, -0.1) is 0 Å². The number of aryl methyl sites for hydroxylation is 1. The lowest BCUT2D eigenvalue weighted by Gasteiger charge is -2.25. The fourth-order valence-corrected chi connectivity index (χ4v) is 3.52. The second-order valence-corrected chi connectivity index (χ2v) is 7.03. The van der Waals surface area contributed by atoms with Crippen molar-refractivity contribution in [3.63, 3.8) is 0 Å². The molecule has 1 amide bonds. The molecule has 0 bridgehead atoms. The van der Waals surface area contributed by atoms with Gasteiger partial charge in [-0.3, -0.25) is 19.6 Å². The Bertz CT molecular complexity index is 1150. The van der Waals surface area contributed by atoms with Crippen molar-refractivity contribution in [3.05, 3.63) is 101 Å². The standard InChI is InChI=1S/C23H18FN3O3/c1-14-4-5-17(11-18(14)24)21(28)19-20(16-6-9-25-10-7-16)27(23(30)22(19)29)13-15-3-2-8-26-12-15/h2-12,20,28H,13H2,1H3/t20-/m1/s1. The Morgan fingerprint density at radius 2 is 1.87 bits per heavy atom. The van der Waals surface area contributed by atoms with Crippen LogP contribution in [0.15, 0.2) is 72.8 Å². The first-order valence-electron chi connectivity index (χ1n) is 9.31. The van der Waals surface area contributed by atoms with E-state index < -0.39 is 29.3 Å². The van der Waals surface area contributed by atoms with E-state index in [4.69, 9.17) is 0 Å². The SMILES string of the molecule is Cc1ccc(C(O)=C2C(=O)C(=O)N(Cc3cccnc3)[C@@H]2c2ccncc2)cc1F. The molecule has 1 aliphatic rings. The molecule has 1 N–H and O–H groups in total. The average Bonchev–Trinajstić information content (AvgIpc) is 3.01. The maximum Gasteiger partial charge on any atom is 0.295 e. The minimum Gasteiger partial charge on any atom is -0.507 e. The largest absolute Gasteiger partial charge is 0.507 e. The van der Waals surface area contributed by atoms with E-state index in [-0.39, 0.29) is 17.7 Å². The molecule has 1 aliphatic heterocycles. The normalized spacial score (nSPS) is 18.1. The Hall–Kier alpha value is -3.87. The maximum atomic E-state index is 14.1. The molecule has 150 valence electrons. The molecule has 1 atom stereocenters. The number of hydrogen-bond acceptors (Lipinski definition) is 5. The number of carbonyl (C=O) groups excluding carboxylic acids is 2. The number of likely N-dealkylation sites (tertiary alicyclic amines) is 1. The first-order chi connectivity index (χ1) is 14.5. The van der Waals surface area contributed by atoms with Gasteiger partial charge in [-0.2, -0.15) is 0 Å². The van der Waals surface area contributed by atoms with Crippen molar-refractivity contribution in [3.8, 4) is 0 Å². The van der Waals surface area contributed by atoms with Crippen LogP contribution in [0.4, 0.5) is 4.39 Å². The molecule has 3 aromatic rings. The molecule has 0 aliphatic carbocycles. The number of amides is 1. The van der Waals surface area contributed by atoms with E-state index in [0.29, 0.717) is 11.1 Å². The number of pyridine rings is 2. The lowest BCUT2D eigenvalue weighted by molar-refractivity contribution is -0.140. The number of carbonyl (C=O) groups is 2. The van der Waals surface area contributed by atoms with Gasteiger partial charge < -0.3 is 10.0 Å². The molecular formula is C23H18FN3O3. The third-order valence-electron chi connectivity index (χ3n) is 5.08. The van der Waals surface area contributed by atoms with Gasteiger partial charge in [0.15, 0.2) is 0 Å². The highest BCUT2D eigenvalue weighted by molar-refractivity contribution is 6.46. The van der Waals surface area contributed by atoms with Gasteiger partial charge in [0.1, 0.15) is 11.6 Å². The second-order valence-electron chi connectivity index (χ2n) is 7.03. The molecule has 0 radical (unpaired) electrons. The lowest BCUT2D eigenvalue weighted by Crippen LogP contribution is -2.29. The first-order valence-corrected chi connectivity index (χ1v) is 9.31. The highest BCUT2D eigenvalue weighted by Gasteiger charge is 2.46. The fraction of sp³-hybridized carbons (Fsp3) is 0.130. The van der Waals surface area contributed by atoms with E-state index in [2.05, 4.69) is 9.97 Å². The third kappa shape index (κ3) is 3.45. The van der Waals surface area contributed by atoms with E-state index >= 15 is 0 Å². The molecule has 1 fully saturated rings. The number of Topliss-reactive ketones (excluding diaryl/α,β-unsaturated/α-hetero) is 1. The Morgan fingerprint density at radius 1 is 1.10 bits per heavy atom. The highest BCUT2D eigenvalue weighted by Crippen LogP contribution is 2.40. The number of aliphatic hydroxyl groups excluding tert-OH is 1. The van der Waals surface area contributed by atoms with Crippen LogP contribution in [0.25, 0.3) is 5.76 Å². The first kappa shape index (κ1) is 19.4. The number of ketones is 1. The summed E-state index contributed by atoms with van der Waals surface area (Å²) in [6.07, 6.45) is 6.32. The molecule has 3 heterocycles. The molecule has 0 saturated carbocycles. The van der Waals surface area contributed by atoms with Crippen molar-refractivity contribution < 1.29 is 19.1 Å². The second kappa shape index (κ2) is 7.87. The van der Waals surface area contributed by atoms with Crippen LogP contribution in [0.2, 0.25) is 0 Å². The summed E-state index contributed by atoms with van der Waals surface area (Å²) in [6.45, 7) is 1.73. The van der Waals surface area contributed by atoms with Crippen molar-refractivity contribution in [1.29, 1.82) is 0 Å². The van der Waals surface area contributed by atoms with Gasteiger partial charge in [0.25, 0.3) is 11.7 Å². The topological polar surface area (TPSA) is 83.4 Å². The lowest BCUT2D eigenvalue weighted by atomic mass is 9.95. The van der Waals surface area contributed by atoms with Crippen LogP contribution in [0.5, 0.6) is 0 Å². The molecule has 6 nitrogen and oxygen atoms in total. The summed E-state index contributed by atoms with van der Waals surface area (Å²) in [5.74, 6) is -2.49. The van der Waals surface area contributed by atoms with Gasteiger partial charge in [-0.05, 0) is 47.9 Å². The van der Waals surface area contributed by atoms with Crippen molar-refractivity contribution in [2.45, 2.75) is 19.5 Å². The Kier molecular flexibility index (Phi) is 5.10. The summed E-state index contributed by atoms with van der Waals surface area (Å²) in [5, 5.41) is 10.9. The molecule has 0 spiro atoms. The van der Waals surface area contributed by atoms with Gasteiger partial charge in [-0.1, -0.05) is 18.2 Å². The highest BCUT2D eigenvalue weighted by atomic mass is 19.1.